The van der Waals surface area contributed by atoms with Crippen LogP contribution in [0.15, 0.2) is 30.5 Å². The average molecular weight is 288 g/mol. The second-order valence-electron chi connectivity index (χ2n) is 5.31. The Kier molecular flexibility index (Phi) is 4.01. The largest absolute Gasteiger partial charge is 0.361 e. The van der Waals surface area contributed by atoms with Crippen LogP contribution in [0.1, 0.15) is 36.5 Å². The number of hydrogen-bond donors (Lipinski definition) is 2. The third kappa shape index (κ3) is 2.70. The monoisotopic (exact) mass is 288 g/mol. The van der Waals surface area contributed by atoms with Crippen molar-refractivity contribution in [3.63, 3.8) is 0 Å². The number of thioether (sulfide) groups is 1. The summed E-state index contributed by atoms with van der Waals surface area (Å²) in [6, 6.07) is 8.18. The van der Waals surface area contributed by atoms with Crippen molar-refractivity contribution in [1.82, 2.24) is 10.3 Å². The first-order chi connectivity index (χ1) is 9.78. The molecule has 2 N–H and O–H groups in total. The van der Waals surface area contributed by atoms with Crippen LogP contribution in [-0.4, -0.2) is 27.9 Å². The lowest BCUT2D eigenvalue weighted by Gasteiger charge is -2.13. The minimum atomic E-state index is 0.0465. The predicted molar refractivity (Wildman–Crippen MR) is 85.3 cm³/mol. The van der Waals surface area contributed by atoms with Gasteiger partial charge < -0.3 is 10.3 Å². The molecule has 3 rings (SSSR count). The molecular formula is C16H20N2OS. The summed E-state index contributed by atoms with van der Waals surface area (Å²) < 4.78 is 0. The minimum absolute atomic E-state index is 0.0465. The molecule has 1 amide bonds. The van der Waals surface area contributed by atoms with Gasteiger partial charge in [-0.15, -0.1) is 0 Å². The number of carbonyl (C=O) groups is 1. The van der Waals surface area contributed by atoms with Gasteiger partial charge in [-0.25, -0.2) is 0 Å². The number of fused-ring (bicyclic) bond motifs is 1. The van der Waals surface area contributed by atoms with E-state index in [9.17, 15) is 4.79 Å². The van der Waals surface area contributed by atoms with Gasteiger partial charge in [0.25, 0.3) is 5.91 Å². The first-order valence-electron chi connectivity index (χ1n) is 7.26. The zero-order valence-electron chi connectivity index (χ0n) is 11.7. The van der Waals surface area contributed by atoms with E-state index in [2.05, 4.69) is 17.2 Å². The molecule has 3 nitrogen and oxygen atoms in total. The van der Waals surface area contributed by atoms with Gasteiger partial charge in [0.1, 0.15) is 0 Å². The normalized spacial score (nSPS) is 22.2. The van der Waals surface area contributed by atoms with Gasteiger partial charge in [0, 0.05) is 22.9 Å². The van der Waals surface area contributed by atoms with E-state index in [-0.39, 0.29) is 5.91 Å². The third-order valence-electron chi connectivity index (χ3n) is 3.95. The summed E-state index contributed by atoms with van der Waals surface area (Å²) in [5.74, 6) is 1.21. The van der Waals surface area contributed by atoms with Crippen LogP contribution >= 0.6 is 11.8 Å². The lowest BCUT2D eigenvalue weighted by atomic mass is 10.1. The van der Waals surface area contributed by atoms with Crippen LogP contribution in [0.25, 0.3) is 10.9 Å². The molecular weight excluding hydrogens is 268 g/mol. The maximum atomic E-state index is 12.4. The summed E-state index contributed by atoms with van der Waals surface area (Å²) in [6.07, 6.45) is 5.30. The Balaban J connectivity index is 1.69. The SMILES string of the molecule is CCSC1CCC(NC(=O)c2cccc3cc[nH]c23)C1. The van der Waals surface area contributed by atoms with Crippen LogP contribution in [0.2, 0.25) is 0 Å². The van der Waals surface area contributed by atoms with Gasteiger partial charge in [0.2, 0.25) is 0 Å². The fourth-order valence-corrected chi connectivity index (χ4v) is 4.14. The number of aromatic amines is 1. The van der Waals surface area contributed by atoms with E-state index < -0.39 is 0 Å². The molecule has 1 aliphatic rings. The molecule has 2 unspecified atom stereocenters. The van der Waals surface area contributed by atoms with E-state index in [4.69, 9.17) is 0 Å². The van der Waals surface area contributed by atoms with Gasteiger partial charge in [-0.05, 0) is 37.1 Å². The van der Waals surface area contributed by atoms with Gasteiger partial charge in [-0.2, -0.15) is 11.8 Å². The number of benzene rings is 1. The summed E-state index contributed by atoms with van der Waals surface area (Å²) in [4.78, 5) is 15.6. The van der Waals surface area contributed by atoms with E-state index in [1.165, 1.54) is 6.42 Å². The van der Waals surface area contributed by atoms with Crippen LogP contribution in [0.5, 0.6) is 0 Å². The number of nitrogens with one attached hydrogen (secondary N) is 2. The highest BCUT2D eigenvalue weighted by Gasteiger charge is 2.26. The molecule has 1 aromatic carbocycles. The van der Waals surface area contributed by atoms with E-state index in [0.717, 1.165) is 35.1 Å². The van der Waals surface area contributed by atoms with Gasteiger partial charge in [-0.3, -0.25) is 4.79 Å². The number of H-pyrrole nitrogens is 1. The first-order valence-corrected chi connectivity index (χ1v) is 8.31. The second-order valence-corrected chi connectivity index (χ2v) is 6.89. The summed E-state index contributed by atoms with van der Waals surface area (Å²) in [7, 11) is 0. The fourth-order valence-electron chi connectivity index (χ4n) is 3.00. The Morgan fingerprint density at radius 2 is 2.30 bits per heavy atom. The van der Waals surface area contributed by atoms with Crippen molar-refractivity contribution in [3.05, 3.63) is 36.0 Å². The Morgan fingerprint density at radius 3 is 3.15 bits per heavy atom. The van der Waals surface area contributed by atoms with Crippen LogP contribution in [0.4, 0.5) is 0 Å². The average Bonchev–Trinajstić information content (AvgIpc) is 3.07. The first kappa shape index (κ1) is 13.6. The van der Waals surface area contributed by atoms with Gasteiger partial charge in [0.05, 0.1) is 11.1 Å². The number of para-hydroxylation sites is 1. The van der Waals surface area contributed by atoms with Crippen LogP contribution in [0, 0.1) is 0 Å². The molecule has 1 aliphatic carbocycles. The summed E-state index contributed by atoms with van der Waals surface area (Å²) >= 11 is 2.01. The molecule has 0 radical (unpaired) electrons. The van der Waals surface area contributed by atoms with Crippen molar-refractivity contribution in [2.75, 3.05) is 5.75 Å². The van der Waals surface area contributed by atoms with Crippen molar-refractivity contribution >= 4 is 28.6 Å². The minimum Gasteiger partial charge on any atom is -0.361 e. The lowest BCUT2D eigenvalue weighted by Crippen LogP contribution is -2.33. The molecule has 2 aromatic rings. The summed E-state index contributed by atoms with van der Waals surface area (Å²) in [6.45, 7) is 2.20. The maximum Gasteiger partial charge on any atom is 0.253 e. The zero-order chi connectivity index (χ0) is 13.9. The Morgan fingerprint density at radius 1 is 1.40 bits per heavy atom. The predicted octanol–water partition coefficient (Wildman–Crippen LogP) is 3.57. The van der Waals surface area contributed by atoms with Crippen molar-refractivity contribution in [3.8, 4) is 0 Å². The lowest BCUT2D eigenvalue weighted by molar-refractivity contribution is 0.0939. The van der Waals surface area contributed by atoms with E-state index >= 15 is 0 Å². The molecule has 20 heavy (non-hydrogen) atoms. The molecule has 1 saturated carbocycles. The van der Waals surface area contributed by atoms with Crippen molar-refractivity contribution < 1.29 is 4.79 Å². The molecule has 1 aromatic heterocycles. The van der Waals surface area contributed by atoms with Crippen LogP contribution in [0.3, 0.4) is 0 Å². The Hall–Kier alpha value is -1.42. The van der Waals surface area contributed by atoms with Gasteiger partial charge in [-0.1, -0.05) is 19.1 Å². The van der Waals surface area contributed by atoms with Crippen LogP contribution < -0.4 is 5.32 Å². The summed E-state index contributed by atoms with van der Waals surface area (Å²) in [5, 5.41) is 4.99. The van der Waals surface area contributed by atoms with Crippen molar-refractivity contribution in [2.45, 2.75) is 37.5 Å². The van der Waals surface area contributed by atoms with Crippen LogP contribution in [-0.2, 0) is 0 Å². The molecule has 0 aliphatic heterocycles. The third-order valence-corrected chi connectivity index (χ3v) is 5.19. The highest BCUT2D eigenvalue weighted by molar-refractivity contribution is 7.99. The standard InChI is InChI=1S/C16H20N2OS/c1-2-20-13-7-6-12(10-13)18-16(19)14-5-3-4-11-8-9-17-15(11)14/h3-5,8-9,12-13,17H,2,6-7,10H2,1H3,(H,18,19). The number of hydrogen-bond acceptors (Lipinski definition) is 2. The topological polar surface area (TPSA) is 44.9 Å². The zero-order valence-corrected chi connectivity index (χ0v) is 12.5. The molecule has 0 spiro atoms. The second kappa shape index (κ2) is 5.92. The highest BCUT2D eigenvalue weighted by Crippen LogP contribution is 2.30. The smallest absolute Gasteiger partial charge is 0.253 e. The molecule has 1 heterocycles. The highest BCUT2D eigenvalue weighted by atomic mass is 32.2. The Labute approximate surface area is 123 Å². The van der Waals surface area contributed by atoms with E-state index in [0.29, 0.717) is 11.3 Å². The molecule has 1 fully saturated rings. The van der Waals surface area contributed by atoms with Crippen molar-refractivity contribution in [2.24, 2.45) is 0 Å². The molecule has 106 valence electrons. The number of carbonyl (C=O) groups excluding carboxylic acids is 1. The number of rotatable bonds is 4. The number of amides is 1. The van der Waals surface area contributed by atoms with Gasteiger partial charge >= 0.3 is 0 Å². The molecule has 0 saturated heterocycles. The van der Waals surface area contributed by atoms with E-state index in [1.54, 1.807) is 0 Å². The number of aromatic nitrogens is 1. The Bertz CT molecular complexity index is 607. The molecule has 4 heteroatoms. The van der Waals surface area contributed by atoms with Crippen molar-refractivity contribution in [1.29, 1.82) is 0 Å². The molecule has 2 atom stereocenters. The molecule has 0 bridgehead atoms. The van der Waals surface area contributed by atoms with Gasteiger partial charge in [0.15, 0.2) is 0 Å². The summed E-state index contributed by atoms with van der Waals surface area (Å²) in [5.41, 5.74) is 1.68. The van der Waals surface area contributed by atoms with E-state index in [1.807, 2.05) is 42.2 Å². The maximum absolute atomic E-state index is 12.4. The fraction of sp³-hybridized carbons (Fsp3) is 0.438. The quantitative estimate of drug-likeness (QED) is 0.903.